The Bertz CT molecular complexity index is 950. The molecule has 0 spiro atoms. The molecule has 1 N–H and O–H groups in total. The minimum atomic E-state index is -0.688. The van der Waals surface area contributed by atoms with Gasteiger partial charge in [-0.15, -0.1) is 0 Å². The molecular weight excluding hydrogens is 351 g/mol. The molecule has 3 rings (SSSR count). The molecule has 2 aromatic heterocycles. The first-order valence-corrected chi connectivity index (χ1v) is 7.81. The van der Waals surface area contributed by atoms with Gasteiger partial charge in [0.2, 0.25) is 5.78 Å². The van der Waals surface area contributed by atoms with E-state index >= 15 is 0 Å². The number of rotatable bonds is 4. The number of H-pyrrole nitrogens is 1. The molecule has 1 aromatic carbocycles. The lowest BCUT2D eigenvalue weighted by Gasteiger charge is -2.05. The molecule has 0 unspecified atom stereocenters. The summed E-state index contributed by atoms with van der Waals surface area (Å²) in [6.45, 7) is 1.43. The summed E-state index contributed by atoms with van der Waals surface area (Å²) >= 11 is 11.5. The Balaban J connectivity index is 1.76. The summed E-state index contributed by atoms with van der Waals surface area (Å²) in [5.74, 6) is -0.974. The van der Waals surface area contributed by atoms with Gasteiger partial charge in [-0.25, -0.2) is 9.78 Å². The van der Waals surface area contributed by atoms with Gasteiger partial charge < -0.3 is 9.72 Å². The zero-order valence-electron chi connectivity index (χ0n) is 12.6. The van der Waals surface area contributed by atoms with E-state index in [-0.39, 0.29) is 28.1 Å². The van der Waals surface area contributed by atoms with Crippen LogP contribution in [0.1, 0.15) is 26.4 Å². The first-order valence-electron chi connectivity index (χ1n) is 7.06. The first kappa shape index (κ1) is 16.5. The molecule has 0 aliphatic rings. The number of aromatic nitrogens is 2. The molecule has 3 aromatic rings. The molecule has 5 nitrogen and oxygen atoms in total. The van der Waals surface area contributed by atoms with E-state index in [1.165, 1.54) is 12.3 Å². The van der Waals surface area contributed by atoms with Crippen molar-refractivity contribution in [3.05, 3.63) is 63.5 Å². The van der Waals surface area contributed by atoms with Crippen LogP contribution in [0.15, 0.2) is 36.5 Å². The summed E-state index contributed by atoms with van der Waals surface area (Å²) < 4.78 is 5.07. The van der Waals surface area contributed by atoms with Crippen molar-refractivity contribution < 1.29 is 14.3 Å². The molecule has 2 heterocycles. The number of carbonyl (C=O) groups is 2. The Hall–Kier alpha value is -2.37. The number of esters is 1. The number of Topliss-reactive ketones (excluding diaryl/α,β-unsaturated/α-hetero) is 1. The van der Waals surface area contributed by atoms with Crippen molar-refractivity contribution in [3.8, 4) is 0 Å². The monoisotopic (exact) mass is 362 g/mol. The number of halogens is 2. The fourth-order valence-electron chi connectivity index (χ4n) is 2.46. The maximum Gasteiger partial charge on any atom is 0.340 e. The number of nitrogens with one attached hydrogen (secondary N) is 1. The summed E-state index contributed by atoms with van der Waals surface area (Å²) in [4.78, 5) is 31.4. The van der Waals surface area contributed by atoms with Crippen molar-refractivity contribution in [1.29, 1.82) is 0 Å². The van der Waals surface area contributed by atoms with Gasteiger partial charge in [0.15, 0.2) is 6.61 Å². The highest BCUT2D eigenvalue weighted by Gasteiger charge is 2.18. The minimum Gasteiger partial charge on any atom is -0.454 e. The molecule has 7 heteroatoms. The number of nitrogens with zero attached hydrogens (tertiary/aromatic N) is 1. The van der Waals surface area contributed by atoms with Crippen molar-refractivity contribution in [2.45, 2.75) is 6.92 Å². The van der Waals surface area contributed by atoms with Crippen LogP contribution in [0.2, 0.25) is 10.2 Å². The van der Waals surface area contributed by atoms with Gasteiger partial charge in [0.1, 0.15) is 5.15 Å². The molecule has 0 fully saturated rings. The fourth-order valence-corrected chi connectivity index (χ4v) is 2.73. The average Bonchev–Trinajstić information content (AvgIpc) is 2.90. The summed E-state index contributed by atoms with van der Waals surface area (Å²) in [6, 6.07) is 8.80. The predicted molar refractivity (Wildman–Crippen MR) is 91.9 cm³/mol. The van der Waals surface area contributed by atoms with Crippen LogP contribution in [0, 0.1) is 6.92 Å². The Morgan fingerprint density at radius 3 is 2.75 bits per heavy atom. The zero-order chi connectivity index (χ0) is 17.3. The molecule has 24 heavy (non-hydrogen) atoms. The lowest BCUT2D eigenvalue weighted by Crippen LogP contribution is -2.15. The lowest BCUT2D eigenvalue weighted by atomic mass is 10.1. The number of fused-ring (bicyclic) bond motifs is 1. The number of aromatic amines is 1. The summed E-state index contributed by atoms with van der Waals surface area (Å²) in [6.07, 6.45) is 1.25. The van der Waals surface area contributed by atoms with Gasteiger partial charge >= 0.3 is 5.97 Å². The highest BCUT2D eigenvalue weighted by molar-refractivity contribution is 6.41. The van der Waals surface area contributed by atoms with Gasteiger partial charge in [0.05, 0.1) is 10.6 Å². The second kappa shape index (κ2) is 6.63. The van der Waals surface area contributed by atoms with Crippen molar-refractivity contribution in [2.24, 2.45) is 0 Å². The number of hydrogen-bond acceptors (Lipinski definition) is 4. The number of ether oxygens (including phenoxy) is 1. The third-order valence-corrected chi connectivity index (χ3v) is 4.22. The van der Waals surface area contributed by atoms with E-state index in [0.29, 0.717) is 5.56 Å². The summed E-state index contributed by atoms with van der Waals surface area (Å²) in [5, 5.41) is 1.04. The molecule has 122 valence electrons. The highest BCUT2D eigenvalue weighted by Crippen LogP contribution is 2.23. The van der Waals surface area contributed by atoms with Crippen LogP contribution in [-0.4, -0.2) is 28.3 Å². The number of ketones is 1. The topological polar surface area (TPSA) is 72.1 Å². The SMILES string of the molecule is Cc1[nH]c2ccccc2c1C(=O)COC(=O)c1cnc(Cl)c(Cl)c1. The van der Waals surface area contributed by atoms with Crippen molar-refractivity contribution in [2.75, 3.05) is 6.61 Å². The maximum absolute atomic E-state index is 12.4. The van der Waals surface area contributed by atoms with E-state index in [4.69, 9.17) is 27.9 Å². The molecule has 0 bridgehead atoms. The largest absolute Gasteiger partial charge is 0.454 e. The third-order valence-electron chi connectivity index (χ3n) is 3.54. The zero-order valence-corrected chi connectivity index (χ0v) is 14.1. The van der Waals surface area contributed by atoms with Crippen LogP contribution in [0.4, 0.5) is 0 Å². The first-order chi connectivity index (χ1) is 11.5. The standard InChI is InChI=1S/C17H12Cl2N2O3/c1-9-15(11-4-2-3-5-13(11)21-9)14(22)8-24-17(23)10-6-12(18)16(19)20-7-10/h2-7,21H,8H2,1H3. The third kappa shape index (κ3) is 3.13. The Morgan fingerprint density at radius 2 is 2.00 bits per heavy atom. The van der Waals surface area contributed by atoms with Crippen molar-refractivity contribution >= 4 is 45.9 Å². The van der Waals surface area contributed by atoms with Gasteiger partial charge in [0, 0.05) is 28.4 Å². The normalized spacial score (nSPS) is 10.8. The molecule has 0 atom stereocenters. The number of benzene rings is 1. The molecule has 0 saturated carbocycles. The number of para-hydroxylation sites is 1. The van der Waals surface area contributed by atoms with E-state index in [2.05, 4.69) is 9.97 Å². The Labute approximate surface area is 147 Å². The molecular formula is C17H12Cl2N2O3. The molecule has 0 aliphatic carbocycles. The highest BCUT2D eigenvalue weighted by atomic mass is 35.5. The number of carbonyl (C=O) groups excluding carboxylic acids is 2. The van der Waals surface area contributed by atoms with E-state index in [1.54, 1.807) is 6.92 Å². The minimum absolute atomic E-state index is 0.0960. The second-order valence-electron chi connectivity index (χ2n) is 5.17. The van der Waals surface area contributed by atoms with Crippen molar-refractivity contribution in [3.63, 3.8) is 0 Å². The molecule has 0 saturated heterocycles. The number of pyridine rings is 1. The molecule has 0 radical (unpaired) electrons. The molecule has 0 amide bonds. The quantitative estimate of drug-likeness (QED) is 0.428. The summed E-state index contributed by atoms with van der Waals surface area (Å²) in [7, 11) is 0. The fraction of sp³-hybridized carbons (Fsp3) is 0.118. The van der Waals surface area contributed by atoms with Crippen LogP contribution in [0.3, 0.4) is 0 Å². The van der Waals surface area contributed by atoms with Gasteiger partial charge in [-0.1, -0.05) is 41.4 Å². The van der Waals surface area contributed by atoms with E-state index < -0.39 is 5.97 Å². The van der Waals surface area contributed by atoms with Crippen LogP contribution in [0.25, 0.3) is 10.9 Å². The van der Waals surface area contributed by atoms with Crippen LogP contribution >= 0.6 is 23.2 Å². The van der Waals surface area contributed by atoms with Gasteiger partial charge in [-0.3, -0.25) is 4.79 Å². The second-order valence-corrected chi connectivity index (χ2v) is 5.93. The maximum atomic E-state index is 12.4. The Morgan fingerprint density at radius 1 is 1.25 bits per heavy atom. The lowest BCUT2D eigenvalue weighted by molar-refractivity contribution is 0.0474. The van der Waals surface area contributed by atoms with Crippen LogP contribution in [-0.2, 0) is 4.74 Å². The van der Waals surface area contributed by atoms with Gasteiger partial charge in [-0.05, 0) is 19.1 Å². The van der Waals surface area contributed by atoms with Gasteiger partial charge in [0.25, 0.3) is 0 Å². The van der Waals surface area contributed by atoms with E-state index in [1.807, 2.05) is 24.3 Å². The Kier molecular flexibility index (Phi) is 4.55. The summed E-state index contributed by atoms with van der Waals surface area (Å²) in [5.41, 5.74) is 2.24. The predicted octanol–water partition coefficient (Wildman–Crippen LogP) is 4.22. The van der Waals surface area contributed by atoms with Crippen LogP contribution < -0.4 is 0 Å². The average molecular weight is 363 g/mol. The smallest absolute Gasteiger partial charge is 0.340 e. The number of aryl methyl sites for hydroxylation is 1. The van der Waals surface area contributed by atoms with Crippen molar-refractivity contribution in [1.82, 2.24) is 9.97 Å². The van der Waals surface area contributed by atoms with E-state index in [0.717, 1.165) is 16.6 Å². The molecule has 0 aliphatic heterocycles. The van der Waals surface area contributed by atoms with Gasteiger partial charge in [-0.2, -0.15) is 0 Å². The van der Waals surface area contributed by atoms with E-state index in [9.17, 15) is 9.59 Å². The van der Waals surface area contributed by atoms with Crippen LogP contribution in [0.5, 0.6) is 0 Å². The number of hydrogen-bond donors (Lipinski definition) is 1.